The molecule has 206 valence electrons. The molecule has 5 rings (SSSR count). The lowest BCUT2D eigenvalue weighted by Crippen LogP contribution is -2.34. The Morgan fingerprint density at radius 3 is 2.62 bits per heavy atom. The number of carboxylic acid groups (broad SMARTS) is 1. The van der Waals surface area contributed by atoms with Gasteiger partial charge < -0.3 is 9.67 Å². The number of aromatic nitrogens is 5. The van der Waals surface area contributed by atoms with Crippen molar-refractivity contribution in [1.82, 2.24) is 29.4 Å². The normalized spacial score (nSPS) is 16.5. The van der Waals surface area contributed by atoms with Gasteiger partial charge in [0.2, 0.25) is 0 Å². The molecule has 4 aromatic rings. The van der Waals surface area contributed by atoms with Crippen molar-refractivity contribution in [2.24, 2.45) is 18.9 Å². The van der Waals surface area contributed by atoms with Crippen molar-refractivity contribution in [3.63, 3.8) is 0 Å². The summed E-state index contributed by atoms with van der Waals surface area (Å²) in [7, 11) is 1.87. The molecule has 0 spiro atoms. The van der Waals surface area contributed by atoms with E-state index in [2.05, 4.69) is 58.0 Å². The van der Waals surface area contributed by atoms with Crippen molar-refractivity contribution >= 4 is 17.0 Å². The number of rotatable bonds is 9. The number of carbonyl (C=O) groups is 1. The molecule has 2 atom stereocenters. The molecule has 1 aliphatic rings. The lowest BCUT2D eigenvalue weighted by atomic mass is 9.79. The van der Waals surface area contributed by atoms with E-state index < -0.39 is 11.9 Å². The summed E-state index contributed by atoms with van der Waals surface area (Å²) in [5.41, 5.74) is 7.07. The number of likely N-dealkylation sites (tertiary alicyclic amines) is 1. The molecule has 1 N–H and O–H groups in total. The number of hydrogen-bond acceptors (Lipinski definition) is 5. The number of nitrogens with zero attached hydrogens (tertiary/aromatic N) is 6. The summed E-state index contributed by atoms with van der Waals surface area (Å²) in [5, 5.41) is 18.6. The number of benzene rings is 2. The molecule has 0 radical (unpaired) electrons. The molecular weight excluding hydrogens is 488 g/mol. The van der Waals surface area contributed by atoms with E-state index in [0.29, 0.717) is 6.54 Å². The van der Waals surface area contributed by atoms with Gasteiger partial charge in [0, 0.05) is 31.9 Å². The zero-order valence-electron chi connectivity index (χ0n) is 23.8. The number of aryl methyl sites for hydroxylation is 3. The van der Waals surface area contributed by atoms with Crippen LogP contribution < -0.4 is 0 Å². The van der Waals surface area contributed by atoms with Crippen LogP contribution in [0.4, 0.5) is 0 Å². The Labute approximate surface area is 230 Å². The van der Waals surface area contributed by atoms with E-state index >= 15 is 0 Å². The molecule has 2 aromatic heterocycles. The molecule has 0 bridgehead atoms. The molecule has 1 unspecified atom stereocenters. The monoisotopic (exact) mass is 528 g/mol. The Bertz CT molecular complexity index is 1460. The summed E-state index contributed by atoms with van der Waals surface area (Å²) >= 11 is 0. The first-order valence-electron chi connectivity index (χ1n) is 14.1. The van der Waals surface area contributed by atoms with E-state index in [9.17, 15) is 9.90 Å². The maximum atomic E-state index is 12.3. The van der Waals surface area contributed by atoms with Gasteiger partial charge in [-0.15, -0.1) is 5.10 Å². The fraction of sp³-hybridized carbons (Fsp3) is 0.484. The molecule has 3 heterocycles. The van der Waals surface area contributed by atoms with Crippen molar-refractivity contribution in [3.8, 4) is 0 Å². The van der Waals surface area contributed by atoms with Crippen molar-refractivity contribution in [2.45, 2.75) is 66.0 Å². The van der Waals surface area contributed by atoms with Gasteiger partial charge in [0.1, 0.15) is 11.3 Å². The van der Waals surface area contributed by atoms with Crippen LogP contribution in [0.3, 0.4) is 0 Å². The van der Waals surface area contributed by atoms with Crippen LogP contribution in [0.15, 0.2) is 42.7 Å². The maximum Gasteiger partial charge on any atom is 0.307 e. The molecule has 8 nitrogen and oxygen atoms in total. The van der Waals surface area contributed by atoms with Gasteiger partial charge in [-0.25, -0.2) is 9.67 Å². The van der Waals surface area contributed by atoms with Gasteiger partial charge in [-0.2, -0.15) is 0 Å². The summed E-state index contributed by atoms with van der Waals surface area (Å²) < 4.78 is 3.99. The summed E-state index contributed by atoms with van der Waals surface area (Å²) in [5.74, 6) is 0.197. The highest BCUT2D eigenvalue weighted by molar-refractivity contribution is 5.80. The van der Waals surface area contributed by atoms with E-state index in [4.69, 9.17) is 4.98 Å². The maximum absolute atomic E-state index is 12.3. The Balaban J connectivity index is 1.45. The minimum atomic E-state index is -0.815. The molecule has 2 aromatic carbocycles. The van der Waals surface area contributed by atoms with E-state index in [1.165, 1.54) is 30.4 Å². The average Bonchev–Trinajstić information content (AvgIpc) is 3.53. The quantitative estimate of drug-likeness (QED) is 0.317. The average molecular weight is 529 g/mol. The van der Waals surface area contributed by atoms with E-state index in [1.54, 1.807) is 11.6 Å². The second-order valence-electron chi connectivity index (χ2n) is 11.3. The predicted molar refractivity (Wildman–Crippen MR) is 153 cm³/mol. The minimum absolute atomic E-state index is 0.310. The summed E-state index contributed by atoms with van der Waals surface area (Å²) in [6.07, 6.45) is 7.75. The summed E-state index contributed by atoms with van der Waals surface area (Å²) in [6, 6.07) is 10.4. The number of aliphatic carboxylic acids is 1. The number of hydrogen-bond donors (Lipinski definition) is 1. The molecule has 1 saturated heterocycles. The van der Waals surface area contributed by atoms with Crippen LogP contribution in [-0.4, -0.2) is 53.6 Å². The number of fused-ring (bicyclic) bond motifs is 1. The third-order valence-electron chi connectivity index (χ3n) is 8.83. The van der Waals surface area contributed by atoms with Gasteiger partial charge in [-0.1, -0.05) is 49.7 Å². The Hall–Kier alpha value is -3.52. The van der Waals surface area contributed by atoms with E-state index in [-0.39, 0.29) is 5.92 Å². The van der Waals surface area contributed by atoms with Crippen molar-refractivity contribution < 1.29 is 9.90 Å². The van der Waals surface area contributed by atoms with Crippen LogP contribution in [-0.2, 0) is 24.9 Å². The van der Waals surface area contributed by atoms with Crippen molar-refractivity contribution in [1.29, 1.82) is 0 Å². The second kappa shape index (κ2) is 11.3. The van der Waals surface area contributed by atoms with Gasteiger partial charge >= 0.3 is 5.97 Å². The molecule has 1 aliphatic heterocycles. The van der Waals surface area contributed by atoms with Crippen molar-refractivity contribution in [2.75, 3.05) is 13.1 Å². The summed E-state index contributed by atoms with van der Waals surface area (Å²) in [6.45, 7) is 12.0. The van der Waals surface area contributed by atoms with Crippen LogP contribution in [0.1, 0.15) is 72.7 Å². The first-order valence-corrected chi connectivity index (χ1v) is 14.1. The molecule has 39 heavy (non-hydrogen) atoms. The third kappa shape index (κ3) is 5.48. The van der Waals surface area contributed by atoms with Crippen LogP contribution in [0.5, 0.6) is 0 Å². The number of piperidine rings is 1. The Morgan fingerprint density at radius 2 is 1.90 bits per heavy atom. The smallest absolute Gasteiger partial charge is 0.307 e. The molecule has 8 heteroatoms. The van der Waals surface area contributed by atoms with Crippen LogP contribution in [0.2, 0.25) is 0 Å². The summed E-state index contributed by atoms with van der Waals surface area (Å²) in [4.78, 5) is 19.5. The zero-order chi connectivity index (χ0) is 27.7. The zero-order valence-corrected chi connectivity index (χ0v) is 23.8. The first-order chi connectivity index (χ1) is 18.8. The van der Waals surface area contributed by atoms with Gasteiger partial charge in [0.25, 0.3) is 0 Å². The van der Waals surface area contributed by atoms with Crippen LogP contribution in [0.25, 0.3) is 11.0 Å². The van der Waals surface area contributed by atoms with Crippen LogP contribution in [0, 0.1) is 25.7 Å². The molecule has 0 amide bonds. The van der Waals surface area contributed by atoms with E-state index in [0.717, 1.165) is 59.1 Å². The lowest BCUT2D eigenvalue weighted by molar-refractivity contribution is -0.141. The highest BCUT2D eigenvalue weighted by atomic mass is 16.4. The number of carboxylic acids is 1. The fourth-order valence-electron chi connectivity index (χ4n) is 6.09. The Kier molecular flexibility index (Phi) is 7.84. The second-order valence-corrected chi connectivity index (χ2v) is 11.3. The molecular formula is C31H40N6O2. The highest BCUT2D eigenvalue weighted by Crippen LogP contribution is 2.37. The molecule has 1 fully saturated rings. The van der Waals surface area contributed by atoms with Crippen LogP contribution >= 0.6 is 0 Å². The SMILES string of the molecule is CCC1CCN(Cc2nccn2Cc2cc([C@H](c3ccc4c(nnn4C)c3C)C(C)C(=O)O)ccc2C)CC1. The fourth-order valence-corrected chi connectivity index (χ4v) is 6.09. The van der Waals surface area contributed by atoms with Gasteiger partial charge in [-0.05, 0) is 79.6 Å². The lowest BCUT2D eigenvalue weighted by Gasteiger charge is -2.31. The van der Waals surface area contributed by atoms with E-state index in [1.807, 2.05) is 32.3 Å². The minimum Gasteiger partial charge on any atom is -0.481 e. The first kappa shape index (κ1) is 27.1. The van der Waals surface area contributed by atoms with Gasteiger partial charge in [0.05, 0.1) is 18.0 Å². The Morgan fingerprint density at radius 1 is 1.13 bits per heavy atom. The van der Waals surface area contributed by atoms with Gasteiger partial charge in [0.15, 0.2) is 0 Å². The third-order valence-corrected chi connectivity index (χ3v) is 8.83. The molecule has 0 aliphatic carbocycles. The number of imidazole rings is 1. The highest BCUT2D eigenvalue weighted by Gasteiger charge is 2.30. The topological polar surface area (TPSA) is 89.1 Å². The van der Waals surface area contributed by atoms with Crippen molar-refractivity contribution in [3.05, 3.63) is 76.4 Å². The van der Waals surface area contributed by atoms with Gasteiger partial charge in [-0.3, -0.25) is 9.69 Å². The predicted octanol–water partition coefficient (Wildman–Crippen LogP) is 5.30. The standard InChI is InChI=1S/C31H40N6O2/c1-6-23-11-14-36(15-12-23)19-28-32-13-16-37(28)18-25-17-24(8-7-20(25)2)29(22(4)31(38)39)26-9-10-27-30(21(26)3)33-34-35(27)5/h7-10,13,16-17,22-23,29H,6,11-12,14-15,18-19H2,1-5H3,(H,38,39)/t22?,29-/m1/s1. The largest absolute Gasteiger partial charge is 0.481 e. The molecule has 0 saturated carbocycles.